The van der Waals surface area contributed by atoms with Crippen LogP contribution >= 0.6 is 11.6 Å². The number of halogens is 1. The molecule has 4 nitrogen and oxygen atoms in total. The van der Waals surface area contributed by atoms with Crippen molar-refractivity contribution in [3.8, 4) is 0 Å². The van der Waals surface area contributed by atoms with E-state index in [0.717, 1.165) is 28.4 Å². The highest BCUT2D eigenvalue weighted by molar-refractivity contribution is 6.32. The summed E-state index contributed by atoms with van der Waals surface area (Å²) in [6.07, 6.45) is 2.37. The predicted octanol–water partition coefficient (Wildman–Crippen LogP) is 3.32. The van der Waals surface area contributed by atoms with E-state index in [1.807, 2.05) is 30.8 Å². The predicted molar refractivity (Wildman–Crippen MR) is 82.1 cm³/mol. The van der Waals surface area contributed by atoms with Gasteiger partial charge in [0.25, 0.3) is 0 Å². The van der Waals surface area contributed by atoms with E-state index in [2.05, 4.69) is 35.3 Å². The molecule has 0 saturated heterocycles. The first kappa shape index (κ1) is 15.0. The number of nitrogens with one attached hydrogen (secondary N) is 1. The van der Waals surface area contributed by atoms with Crippen molar-refractivity contribution >= 4 is 11.6 Å². The third kappa shape index (κ3) is 3.02. The van der Waals surface area contributed by atoms with E-state index in [1.54, 1.807) is 6.33 Å². The molecule has 0 aliphatic carbocycles. The van der Waals surface area contributed by atoms with Crippen LogP contribution in [0.15, 0.2) is 24.5 Å². The first-order valence-corrected chi connectivity index (χ1v) is 7.23. The Labute approximate surface area is 125 Å². The number of aryl methyl sites for hydroxylation is 1. The molecule has 0 aliphatic rings. The highest BCUT2D eigenvalue weighted by atomic mass is 35.5. The van der Waals surface area contributed by atoms with Crippen molar-refractivity contribution in [3.63, 3.8) is 0 Å². The van der Waals surface area contributed by atoms with Gasteiger partial charge in [0.1, 0.15) is 12.2 Å². The fraction of sp³-hybridized carbons (Fsp3) is 0.467. The van der Waals surface area contributed by atoms with Crippen LogP contribution in [0.25, 0.3) is 0 Å². The number of hydrogen-bond donors (Lipinski definition) is 1. The van der Waals surface area contributed by atoms with Crippen LogP contribution in [0.3, 0.4) is 0 Å². The molecule has 1 atom stereocenters. The van der Waals surface area contributed by atoms with Gasteiger partial charge in [-0.05, 0) is 38.9 Å². The maximum atomic E-state index is 6.43. The summed E-state index contributed by atoms with van der Waals surface area (Å²) < 4.78 is 1.95. The van der Waals surface area contributed by atoms with Gasteiger partial charge in [0.05, 0.1) is 0 Å². The van der Waals surface area contributed by atoms with Gasteiger partial charge in [-0.1, -0.05) is 29.8 Å². The summed E-state index contributed by atoms with van der Waals surface area (Å²) in [7, 11) is 1.94. The maximum absolute atomic E-state index is 6.43. The average molecular weight is 293 g/mol. The minimum absolute atomic E-state index is 0.129. The molecule has 1 unspecified atom stereocenters. The Balaban J connectivity index is 2.29. The van der Waals surface area contributed by atoms with Gasteiger partial charge in [0.15, 0.2) is 0 Å². The summed E-state index contributed by atoms with van der Waals surface area (Å²) in [6, 6.07) is 6.55. The fourth-order valence-corrected chi connectivity index (χ4v) is 2.60. The van der Waals surface area contributed by atoms with E-state index < -0.39 is 0 Å². The molecule has 1 aromatic heterocycles. The molecule has 0 aliphatic heterocycles. The summed E-state index contributed by atoms with van der Waals surface area (Å²) in [5.74, 6) is 0.969. The van der Waals surface area contributed by atoms with Crippen LogP contribution in [0.1, 0.15) is 42.9 Å². The molecule has 0 amide bonds. The van der Waals surface area contributed by atoms with Crippen LogP contribution in [0.2, 0.25) is 5.02 Å². The third-order valence-electron chi connectivity index (χ3n) is 3.47. The third-order valence-corrected chi connectivity index (χ3v) is 3.98. The van der Waals surface area contributed by atoms with Gasteiger partial charge in [0, 0.05) is 23.5 Å². The molecule has 0 radical (unpaired) electrons. The minimum Gasteiger partial charge on any atom is -0.313 e. The van der Waals surface area contributed by atoms with Gasteiger partial charge in [-0.15, -0.1) is 0 Å². The van der Waals surface area contributed by atoms with Crippen LogP contribution in [-0.4, -0.2) is 21.8 Å². The Morgan fingerprint density at radius 1 is 1.35 bits per heavy atom. The van der Waals surface area contributed by atoms with Crippen LogP contribution in [0, 0.1) is 6.92 Å². The van der Waals surface area contributed by atoms with Gasteiger partial charge in [-0.2, -0.15) is 5.10 Å². The SMILES string of the molecule is CNC(Cc1ncnn1C(C)C)c1cccc(C)c1Cl. The molecule has 1 aromatic carbocycles. The molecule has 108 valence electrons. The molecule has 20 heavy (non-hydrogen) atoms. The summed E-state index contributed by atoms with van der Waals surface area (Å²) in [6.45, 7) is 6.23. The van der Waals surface area contributed by atoms with E-state index in [1.165, 1.54) is 0 Å². The zero-order chi connectivity index (χ0) is 14.7. The molecule has 0 bridgehead atoms. The lowest BCUT2D eigenvalue weighted by Gasteiger charge is -2.19. The number of likely N-dealkylation sites (N-methyl/N-ethyl adjacent to an activating group) is 1. The second-order valence-corrected chi connectivity index (χ2v) is 5.62. The molecule has 2 aromatic rings. The summed E-state index contributed by atoms with van der Waals surface area (Å²) >= 11 is 6.43. The van der Waals surface area contributed by atoms with Gasteiger partial charge >= 0.3 is 0 Å². The van der Waals surface area contributed by atoms with Gasteiger partial charge in [-0.25, -0.2) is 9.67 Å². The first-order chi connectivity index (χ1) is 9.54. The molecular formula is C15H21ClN4. The van der Waals surface area contributed by atoms with Crippen molar-refractivity contribution in [2.75, 3.05) is 7.05 Å². The molecule has 0 spiro atoms. The van der Waals surface area contributed by atoms with Gasteiger partial charge in [0.2, 0.25) is 0 Å². The van der Waals surface area contributed by atoms with Crippen LogP contribution in [0.5, 0.6) is 0 Å². The van der Waals surface area contributed by atoms with Crippen molar-refractivity contribution in [1.29, 1.82) is 0 Å². The number of nitrogens with zero attached hydrogens (tertiary/aromatic N) is 3. The second kappa shape index (κ2) is 6.37. The Kier molecular flexibility index (Phi) is 4.78. The van der Waals surface area contributed by atoms with E-state index >= 15 is 0 Å². The van der Waals surface area contributed by atoms with Gasteiger partial charge < -0.3 is 5.32 Å². The molecule has 1 heterocycles. The number of hydrogen-bond acceptors (Lipinski definition) is 3. The van der Waals surface area contributed by atoms with E-state index in [9.17, 15) is 0 Å². The van der Waals surface area contributed by atoms with Crippen molar-refractivity contribution < 1.29 is 0 Å². The van der Waals surface area contributed by atoms with Crippen LogP contribution < -0.4 is 5.32 Å². The van der Waals surface area contributed by atoms with Crippen molar-refractivity contribution in [3.05, 3.63) is 46.5 Å². The smallest absolute Gasteiger partial charge is 0.138 e. The quantitative estimate of drug-likeness (QED) is 0.919. The zero-order valence-electron chi connectivity index (χ0n) is 12.4. The normalized spacial score (nSPS) is 12.9. The van der Waals surface area contributed by atoms with Crippen molar-refractivity contribution in [2.24, 2.45) is 0 Å². The molecular weight excluding hydrogens is 272 g/mol. The zero-order valence-corrected chi connectivity index (χ0v) is 13.1. The lowest BCUT2D eigenvalue weighted by molar-refractivity contribution is 0.478. The lowest BCUT2D eigenvalue weighted by atomic mass is 10.0. The molecule has 1 N–H and O–H groups in total. The highest BCUT2D eigenvalue weighted by Gasteiger charge is 2.18. The van der Waals surface area contributed by atoms with E-state index in [-0.39, 0.29) is 6.04 Å². The average Bonchev–Trinajstić information content (AvgIpc) is 2.88. The van der Waals surface area contributed by atoms with Gasteiger partial charge in [-0.3, -0.25) is 0 Å². The largest absolute Gasteiger partial charge is 0.313 e. The standard InChI is InChI=1S/C15H21ClN4/c1-10(2)20-14(18-9-19-20)8-13(17-4)12-7-5-6-11(3)15(12)16/h5-7,9-10,13,17H,8H2,1-4H3. The molecule has 5 heteroatoms. The molecule has 0 fully saturated rings. The topological polar surface area (TPSA) is 42.7 Å². The Bertz CT molecular complexity index is 577. The number of aromatic nitrogens is 3. The Hall–Kier alpha value is -1.39. The minimum atomic E-state index is 0.129. The summed E-state index contributed by atoms with van der Waals surface area (Å²) in [5.41, 5.74) is 2.20. The van der Waals surface area contributed by atoms with Crippen molar-refractivity contribution in [1.82, 2.24) is 20.1 Å². The first-order valence-electron chi connectivity index (χ1n) is 6.85. The Morgan fingerprint density at radius 2 is 2.10 bits per heavy atom. The monoisotopic (exact) mass is 292 g/mol. The molecule has 2 rings (SSSR count). The van der Waals surface area contributed by atoms with Crippen LogP contribution in [-0.2, 0) is 6.42 Å². The second-order valence-electron chi connectivity index (χ2n) is 5.24. The summed E-state index contributed by atoms with van der Waals surface area (Å²) in [4.78, 5) is 4.37. The molecule has 0 saturated carbocycles. The van der Waals surface area contributed by atoms with E-state index in [0.29, 0.717) is 6.04 Å². The lowest BCUT2D eigenvalue weighted by Crippen LogP contribution is -2.22. The summed E-state index contributed by atoms with van der Waals surface area (Å²) in [5, 5.41) is 8.43. The highest BCUT2D eigenvalue weighted by Crippen LogP contribution is 2.28. The maximum Gasteiger partial charge on any atom is 0.138 e. The van der Waals surface area contributed by atoms with Crippen LogP contribution in [0.4, 0.5) is 0 Å². The number of benzene rings is 1. The van der Waals surface area contributed by atoms with Crippen molar-refractivity contribution in [2.45, 2.75) is 39.3 Å². The number of rotatable bonds is 5. The Morgan fingerprint density at radius 3 is 2.75 bits per heavy atom. The fourth-order valence-electron chi connectivity index (χ4n) is 2.34. The van der Waals surface area contributed by atoms with E-state index in [4.69, 9.17) is 11.6 Å².